The second kappa shape index (κ2) is 11.2. The van der Waals surface area contributed by atoms with Gasteiger partial charge in [-0.15, -0.1) is 12.4 Å². The number of hydrogen-bond acceptors (Lipinski definition) is 6. The fourth-order valence-corrected chi connectivity index (χ4v) is 4.70. The number of ether oxygens (including phenoxy) is 3. The number of likely N-dealkylation sites (tertiary alicyclic amines) is 1. The van der Waals surface area contributed by atoms with Gasteiger partial charge in [-0.2, -0.15) is 0 Å². The van der Waals surface area contributed by atoms with E-state index in [1.165, 1.54) is 5.56 Å². The van der Waals surface area contributed by atoms with Crippen molar-refractivity contribution < 1.29 is 19.0 Å². The summed E-state index contributed by atoms with van der Waals surface area (Å²) in [6.45, 7) is 10.8. The van der Waals surface area contributed by atoms with E-state index in [4.69, 9.17) is 19.2 Å². The van der Waals surface area contributed by atoms with Crippen LogP contribution in [0.2, 0.25) is 0 Å². The fourth-order valence-electron chi connectivity index (χ4n) is 4.70. The molecule has 2 aromatic carbocycles. The van der Waals surface area contributed by atoms with Crippen molar-refractivity contribution in [3.8, 4) is 11.5 Å². The number of halogens is 1. The van der Waals surface area contributed by atoms with E-state index < -0.39 is 0 Å². The number of benzene rings is 2. The van der Waals surface area contributed by atoms with Gasteiger partial charge in [0, 0.05) is 23.6 Å². The van der Waals surface area contributed by atoms with Crippen molar-refractivity contribution in [2.45, 2.75) is 52.2 Å². The van der Waals surface area contributed by atoms with Crippen LogP contribution in [0.5, 0.6) is 11.5 Å². The minimum Gasteiger partial charge on any atom is -0.490 e. The summed E-state index contributed by atoms with van der Waals surface area (Å²) in [6, 6.07) is 12.0. The van der Waals surface area contributed by atoms with Crippen LogP contribution in [-0.4, -0.2) is 62.1 Å². The minimum absolute atomic E-state index is 0. The highest BCUT2D eigenvalue weighted by Crippen LogP contribution is 2.42. The van der Waals surface area contributed by atoms with Crippen molar-refractivity contribution in [1.82, 2.24) is 4.90 Å². The summed E-state index contributed by atoms with van der Waals surface area (Å²) in [5.41, 5.74) is 4.82. The van der Waals surface area contributed by atoms with Crippen LogP contribution in [0.15, 0.2) is 41.4 Å². The number of carbonyl (C=O) groups excluding carboxylic acids is 1. The first-order valence-electron chi connectivity index (χ1n) is 11.9. The van der Waals surface area contributed by atoms with Gasteiger partial charge in [0.1, 0.15) is 0 Å². The van der Waals surface area contributed by atoms with E-state index in [0.29, 0.717) is 24.7 Å². The Morgan fingerprint density at radius 1 is 1.09 bits per heavy atom. The van der Waals surface area contributed by atoms with E-state index in [9.17, 15) is 4.79 Å². The molecular formula is C27H35ClN2O4. The van der Waals surface area contributed by atoms with Crippen LogP contribution in [0.1, 0.15) is 67.1 Å². The van der Waals surface area contributed by atoms with Crippen LogP contribution >= 0.6 is 12.4 Å². The molecule has 1 fully saturated rings. The molecule has 0 aliphatic carbocycles. The molecule has 4 rings (SSSR count). The molecule has 0 saturated carbocycles. The molecule has 184 valence electrons. The molecule has 34 heavy (non-hydrogen) atoms. The van der Waals surface area contributed by atoms with Gasteiger partial charge < -0.3 is 19.1 Å². The van der Waals surface area contributed by atoms with Crippen molar-refractivity contribution >= 4 is 24.1 Å². The third kappa shape index (κ3) is 5.39. The lowest BCUT2D eigenvalue weighted by Crippen LogP contribution is -2.41. The van der Waals surface area contributed by atoms with Gasteiger partial charge in [0.05, 0.1) is 36.6 Å². The number of esters is 1. The lowest BCUT2D eigenvalue weighted by molar-refractivity contribution is 0.0378. The van der Waals surface area contributed by atoms with Gasteiger partial charge in [-0.05, 0) is 77.5 Å². The predicted molar refractivity (Wildman–Crippen MR) is 137 cm³/mol. The summed E-state index contributed by atoms with van der Waals surface area (Å²) in [5, 5.41) is 0. The average molecular weight is 487 g/mol. The standard InChI is InChI=1S/C27H34N2O4.ClH/c1-6-31-24-14-20-21(15-25(24)32-7-2)26(28-23-12-13-29(5)16-22(20)23)18-8-10-19(11-9-18)27(30)33-17(3)4;/h8-11,14-15,17,22-23H,6-7,12-13,16H2,1-5H3;1H. The van der Waals surface area contributed by atoms with Crippen molar-refractivity contribution in [1.29, 1.82) is 0 Å². The molecule has 0 spiro atoms. The highest BCUT2D eigenvalue weighted by atomic mass is 35.5. The smallest absolute Gasteiger partial charge is 0.338 e. The molecule has 2 unspecified atom stereocenters. The zero-order valence-corrected chi connectivity index (χ0v) is 21.5. The molecule has 0 bridgehead atoms. The Labute approximate surface area is 208 Å². The van der Waals surface area contributed by atoms with Crippen molar-refractivity contribution in [2.24, 2.45) is 4.99 Å². The Morgan fingerprint density at radius 2 is 1.74 bits per heavy atom. The summed E-state index contributed by atoms with van der Waals surface area (Å²) in [7, 11) is 2.17. The van der Waals surface area contributed by atoms with Crippen LogP contribution in [0.3, 0.4) is 0 Å². The number of likely N-dealkylation sites (N-methyl/N-ethyl adjacent to an activating group) is 1. The van der Waals surface area contributed by atoms with Gasteiger partial charge in [0.25, 0.3) is 0 Å². The summed E-state index contributed by atoms with van der Waals surface area (Å²) < 4.78 is 17.2. The molecule has 2 heterocycles. The first-order chi connectivity index (χ1) is 15.9. The van der Waals surface area contributed by atoms with Crippen LogP contribution in [0.4, 0.5) is 0 Å². The molecular weight excluding hydrogens is 452 g/mol. The molecule has 7 heteroatoms. The Kier molecular flexibility index (Phi) is 8.61. The van der Waals surface area contributed by atoms with Gasteiger partial charge in [-0.25, -0.2) is 4.79 Å². The molecule has 0 radical (unpaired) electrons. The zero-order valence-electron chi connectivity index (χ0n) is 20.7. The molecule has 0 aromatic heterocycles. The monoisotopic (exact) mass is 486 g/mol. The molecule has 6 nitrogen and oxygen atoms in total. The van der Waals surface area contributed by atoms with Crippen molar-refractivity contribution in [3.05, 3.63) is 58.7 Å². The van der Waals surface area contributed by atoms with Gasteiger partial charge in [0.15, 0.2) is 11.5 Å². The lowest BCUT2D eigenvalue weighted by atomic mass is 9.79. The van der Waals surface area contributed by atoms with E-state index in [2.05, 4.69) is 24.1 Å². The first kappa shape index (κ1) is 26.0. The normalized spacial score (nSPS) is 19.4. The summed E-state index contributed by atoms with van der Waals surface area (Å²) in [4.78, 5) is 19.9. The molecule has 0 amide bonds. The highest BCUT2D eigenvalue weighted by molar-refractivity contribution is 6.15. The maximum atomic E-state index is 12.3. The number of rotatable bonds is 7. The third-order valence-electron chi connectivity index (χ3n) is 6.18. The van der Waals surface area contributed by atoms with Gasteiger partial charge >= 0.3 is 5.97 Å². The Morgan fingerprint density at radius 3 is 2.35 bits per heavy atom. The number of aliphatic imine (C=N–C) groups is 1. The van der Waals surface area contributed by atoms with Crippen molar-refractivity contribution in [2.75, 3.05) is 33.4 Å². The molecule has 2 atom stereocenters. The molecule has 1 saturated heterocycles. The second-order valence-corrected chi connectivity index (χ2v) is 8.99. The number of carbonyl (C=O) groups is 1. The Balaban J connectivity index is 0.00000324. The number of piperidine rings is 1. The predicted octanol–water partition coefficient (Wildman–Crippen LogP) is 5.11. The quantitative estimate of drug-likeness (QED) is 0.509. The van der Waals surface area contributed by atoms with E-state index in [1.54, 1.807) is 0 Å². The van der Waals surface area contributed by atoms with Crippen LogP contribution in [-0.2, 0) is 4.74 Å². The maximum Gasteiger partial charge on any atom is 0.338 e. The van der Waals surface area contributed by atoms with E-state index in [-0.39, 0.29) is 30.5 Å². The molecule has 2 aliphatic rings. The largest absolute Gasteiger partial charge is 0.490 e. The molecule has 2 aromatic rings. The molecule has 2 aliphatic heterocycles. The summed E-state index contributed by atoms with van der Waals surface area (Å²) >= 11 is 0. The number of nitrogens with zero attached hydrogens (tertiary/aromatic N) is 2. The maximum absolute atomic E-state index is 12.3. The number of hydrogen-bond donors (Lipinski definition) is 0. The first-order valence-corrected chi connectivity index (χ1v) is 11.9. The molecule has 0 N–H and O–H groups in total. The third-order valence-corrected chi connectivity index (χ3v) is 6.18. The van der Waals surface area contributed by atoms with Gasteiger partial charge in [-0.3, -0.25) is 4.99 Å². The summed E-state index contributed by atoms with van der Waals surface area (Å²) in [6.07, 6.45) is 0.866. The highest BCUT2D eigenvalue weighted by Gasteiger charge is 2.36. The SMILES string of the molecule is CCOc1cc2c(cc1OCC)C1CN(C)CCC1N=C2c1ccc(C(=O)OC(C)C)cc1.Cl. The lowest BCUT2D eigenvalue weighted by Gasteiger charge is -2.39. The topological polar surface area (TPSA) is 60.4 Å². The van der Waals surface area contributed by atoms with Crippen LogP contribution in [0, 0.1) is 0 Å². The fraction of sp³-hybridized carbons (Fsp3) is 0.481. The van der Waals surface area contributed by atoms with E-state index >= 15 is 0 Å². The Hall–Kier alpha value is -2.57. The van der Waals surface area contributed by atoms with Crippen molar-refractivity contribution in [3.63, 3.8) is 0 Å². The van der Waals surface area contributed by atoms with Crippen LogP contribution in [0.25, 0.3) is 0 Å². The number of fused-ring (bicyclic) bond motifs is 3. The summed E-state index contributed by atoms with van der Waals surface area (Å²) in [5.74, 6) is 1.54. The van der Waals surface area contributed by atoms with Gasteiger partial charge in [-0.1, -0.05) is 12.1 Å². The minimum atomic E-state index is -0.307. The van der Waals surface area contributed by atoms with E-state index in [0.717, 1.165) is 47.8 Å². The average Bonchev–Trinajstić information content (AvgIpc) is 2.79. The van der Waals surface area contributed by atoms with Gasteiger partial charge in [0.2, 0.25) is 0 Å². The van der Waals surface area contributed by atoms with E-state index in [1.807, 2.05) is 52.0 Å². The Bertz CT molecular complexity index is 1040. The second-order valence-electron chi connectivity index (χ2n) is 8.99. The zero-order chi connectivity index (χ0) is 23.5. The van der Waals surface area contributed by atoms with Crippen LogP contribution < -0.4 is 9.47 Å².